The summed E-state index contributed by atoms with van der Waals surface area (Å²) in [4.78, 5) is 27.7. The lowest BCUT2D eigenvalue weighted by Crippen LogP contribution is -2.33. The van der Waals surface area contributed by atoms with Crippen molar-refractivity contribution < 1.29 is 4.74 Å². The minimum atomic E-state index is 0.405. The van der Waals surface area contributed by atoms with Gasteiger partial charge >= 0.3 is 0 Å². The number of fused-ring (bicyclic) bond motifs is 1. The SMILES string of the molecule is COc1cc(-c2cc3c(N4CCC(c5nc(C)c(-c6ccc(C)cc6)[nH]5)CC4)ncnc3[nH]2)ccn1. The highest BCUT2D eigenvalue weighted by molar-refractivity contribution is 5.92. The van der Waals surface area contributed by atoms with E-state index >= 15 is 0 Å². The molecule has 1 aliphatic heterocycles. The number of methoxy groups -OCH3 is 1. The van der Waals surface area contributed by atoms with Crippen molar-refractivity contribution in [3.63, 3.8) is 0 Å². The van der Waals surface area contributed by atoms with Crippen LogP contribution in [0.4, 0.5) is 5.82 Å². The molecule has 0 amide bonds. The fourth-order valence-electron chi connectivity index (χ4n) is 5.07. The van der Waals surface area contributed by atoms with Crippen LogP contribution >= 0.6 is 0 Å². The molecule has 4 aromatic heterocycles. The van der Waals surface area contributed by atoms with Gasteiger partial charge < -0.3 is 19.6 Å². The molecule has 0 atom stereocenters. The van der Waals surface area contributed by atoms with Crippen LogP contribution in [-0.2, 0) is 0 Å². The summed E-state index contributed by atoms with van der Waals surface area (Å²) in [6.07, 6.45) is 5.42. The van der Waals surface area contributed by atoms with Gasteiger partial charge in [-0.25, -0.2) is 19.9 Å². The van der Waals surface area contributed by atoms with Gasteiger partial charge in [0, 0.05) is 42.5 Å². The second-order valence-electron chi connectivity index (χ2n) is 9.44. The summed E-state index contributed by atoms with van der Waals surface area (Å²) in [7, 11) is 1.62. The summed E-state index contributed by atoms with van der Waals surface area (Å²) in [5.41, 5.74) is 7.43. The van der Waals surface area contributed by atoms with E-state index in [0.29, 0.717) is 11.8 Å². The minimum absolute atomic E-state index is 0.405. The van der Waals surface area contributed by atoms with Gasteiger partial charge in [-0.05, 0) is 44.4 Å². The quantitative estimate of drug-likeness (QED) is 0.349. The van der Waals surface area contributed by atoms with E-state index in [2.05, 4.69) is 74.0 Å². The van der Waals surface area contributed by atoms with E-state index in [4.69, 9.17) is 9.72 Å². The van der Waals surface area contributed by atoms with E-state index in [9.17, 15) is 0 Å². The highest BCUT2D eigenvalue weighted by Gasteiger charge is 2.26. The molecule has 6 rings (SSSR count). The highest BCUT2D eigenvalue weighted by atomic mass is 16.5. The number of imidazole rings is 1. The van der Waals surface area contributed by atoms with E-state index in [1.807, 2.05) is 12.1 Å². The number of aryl methyl sites for hydroxylation is 2. The first-order valence-electron chi connectivity index (χ1n) is 12.3. The summed E-state index contributed by atoms with van der Waals surface area (Å²) in [5, 5.41) is 1.03. The number of pyridine rings is 1. The molecule has 1 saturated heterocycles. The Morgan fingerprint density at radius 3 is 2.50 bits per heavy atom. The van der Waals surface area contributed by atoms with Crippen LogP contribution in [0.2, 0.25) is 0 Å². The fraction of sp³-hybridized carbons (Fsp3) is 0.286. The maximum Gasteiger partial charge on any atom is 0.213 e. The number of hydrogen-bond donors (Lipinski definition) is 2. The predicted molar refractivity (Wildman–Crippen MR) is 141 cm³/mol. The van der Waals surface area contributed by atoms with Crippen molar-refractivity contribution >= 4 is 16.9 Å². The Morgan fingerprint density at radius 2 is 1.72 bits per heavy atom. The van der Waals surface area contributed by atoms with Crippen molar-refractivity contribution in [3.05, 3.63) is 72.1 Å². The molecule has 0 radical (unpaired) electrons. The number of hydrogen-bond acceptors (Lipinski definition) is 6. The molecule has 36 heavy (non-hydrogen) atoms. The van der Waals surface area contributed by atoms with Crippen molar-refractivity contribution in [3.8, 4) is 28.4 Å². The molecule has 5 heterocycles. The Hall–Kier alpha value is -4.20. The van der Waals surface area contributed by atoms with Gasteiger partial charge in [0.05, 0.1) is 23.9 Å². The molecular formula is C28H29N7O. The lowest BCUT2D eigenvalue weighted by Gasteiger charge is -2.32. The van der Waals surface area contributed by atoms with Crippen LogP contribution in [0.3, 0.4) is 0 Å². The topological polar surface area (TPSA) is 95.6 Å². The number of nitrogens with zero attached hydrogens (tertiary/aromatic N) is 5. The first-order valence-corrected chi connectivity index (χ1v) is 12.3. The molecule has 1 fully saturated rings. The van der Waals surface area contributed by atoms with Crippen molar-refractivity contribution in [1.29, 1.82) is 0 Å². The first kappa shape index (κ1) is 22.3. The Bertz CT molecular complexity index is 1510. The van der Waals surface area contributed by atoms with E-state index in [0.717, 1.165) is 71.3 Å². The first-order chi connectivity index (χ1) is 17.6. The number of anilines is 1. The van der Waals surface area contributed by atoms with Gasteiger partial charge in [-0.15, -0.1) is 0 Å². The number of piperidine rings is 1. The van der Waals surface area contributed by atoms with Crippen molar-refractivity contribution in [2.75, 3.05) is 25.1 Å². The predicted octanol–water partition coefficient (Wildman–Crippen LogP) is 5.42. The second kappa shape index (κ2) is 9.11. The molecule has 1 aliphatic rings. The van der Waals surface area contributed by atoms with Crippen LogP contribution in [0.25, 0.3) is 33.5 Å². The van der Waals surface area contributed by atoms with Gasteiger partial charge in [0.1, 0.15) is 23.6 Å². The Kier molecular flexibility index (Phi) is 5.64. The molecule has 0 bridgehead atoms. The summed E-state index contributed by atoms with van der Waals surface area (Å²) in [6, 6.07) is 14.6. The summed E-state index contributed by atoms with van der Waals surface area (Å²) in [5.74, 6) is 3.05. The lowest BCUT2D eigenvalue weighted by atomic mass is 9.96. The van der Waals surface area contributed by atoms with Gasteiger partial charge in [0.15, 0.2) is 0 Å². The van der Waals surface area contributed by atoms with Gasteiger partial charge in [-0.3, -0.25) is 0 Å². The largest absolute Gasteiger partial charge is 0.481 e. The molecule has 0 aliphatic carbocycles. The van der Waals surface area contributed by atoms with E-state index in [-0.39, 0.29) is 0 Å². The molecular weight excluding hydrogens is 450 g/mol. The third-order valence-electron chi connectivity index (χ3n) is 7.08. The van der Waals surface area contributed by atoms with Crippen LogP contribution in [0.15, 0.2) is 55.0 Å². The zero-order chi connectivity index (χ0) is 24.6. The van der Waals surface area contributed by atoms with E-state index in [1.165, 1.54) is 11.1 Å². The lowest BCUT2D eigenvalue weighted by molar-refractivity contribution is 0.398. The zero-order valence-corrected chi connectivity index (χ0v) is 20.7. The number of ether oxygens (including phenoxy) is 1. The van der Waals surface area contributed by atoms with Crippen LogP contribution < -0.4 is 9.64 Å². The van der Waals surface area contributed by atoms with Crippen LogP contribution in [0, 0.1) is 13.8 Å². The second-order valence-corrected chi connectivity index (χ2v) is 9.44. The van der Waals surface area contributed by atoms with Gasteiger partial charge in [-0.2, -0.15) is 0 Å². The molecule has 0 saturated carbocycles. The summed E-state index contributed by atoms with van der Waals surface area (Å²) < 4.78 is 5.29. The average molecular weight is 480 g/mol. The maximum absolute atomic E-state index is 5.29. The number of benzene rings is 1. The monoisotopic (exact) mass is 479 g/mol. The summed E-state index contributed by atoms with van der Waals surface area (Å²) in [6.45, 7) is 6.03. The molecule has 0 spiro atoms. The Labute approximate surface area is 209 Å². The third kappa shape index (κ3) is 4.08. The molecule has 0 unspecified atom stereocenters. The number of aromatic amines is 2. The van der Waals surface area contributed by atoms with Gasteiger partial charge in [0.25, 0.3) is 0 Å². The number of H-pyrrole nitrogens is 2. The summed E-state index contributed by atoms with van der Waals surface area (Å²) >= 11 is 0. The molecule has 8 nitrogen and oxygen atoms in total. The van der Waals surface area contributed by atoms with Gasteiger partial charge in [-0.1, -0.05) is 29.8 Å². The third-order valence-corrected chi connectivity index (χ3v) is 7.08. The minimum Gasteiger partial charge on any atom is -0.481 e. The maximum atomic E-state index is 5.29. The Balaban J connectivity index is 1.21. The van der Waals surface area contributed by atoms with Crippen LogP contribution in [-0.4, -0.2) is 50.1 Å². The standard InChI is InChI=1S/C28H29N7O/c1-17-4-6-19(7-5-17)25-18(2)32-26(34-25)20-9-12-35(13-10-20)28-22-15-23(33-27(22)30-16-31-28)21-8-11-29-24(14-21)36-3/h4-8,11,14-16,20H,9-10,12-13H2,1-3H3,(H,32,34)(H,30,31,33). The molecule has 2 N–H and O–H groups in total. The average Bonchev–Trinajstić information content (AvgIpc) is 3.53. The molecule has 8 heteroatoms. The zero-order valence-electron chi connectivity index (χ0n) is 20.7. The van der Waals surface area contributed by atoms with E-state index < -0.39 is 0 Å². The van der Waals surface area contributed by atoms with Crippen molar-refractivity contribution in [2.45, 2.75) is 32.6 Å². The molecule has 1 aromatic carbocycles. The van der Waals surface area contributed by atoms with Gasteiger partial charge in [0.2, 0.25) is 5.88 Å². The molecule has 5 aromatic rings. The van der Waals surface area contributed by atoms with Crippen LogP contribution in [0.5, 0.6) is 5.88 Å². The highest BCUT2D eigenvalue weighted by Crippen LogP contribution is 2.34. The Morgan fingerprint density at radius 1 is 0.917 bits per heavy atom. The van der Waals surface area contributed by atoms with E-state index in [1.54, 1.807) is 19.6 Å². The van der Waals surface area contributed by atoms with Crippen LogP contribution in [0.1, 0.15) is 35.8 Å². The number of nitrogens with one attached hydrogen (secondary N) is 2. The smallest absolute Gasteiger partial charge is 0.213 e. The van der Waals surface area contributed by atoms with Crippen molar-refractivity contribution in [1.82, 2.24) is 29.9 Å². The fourth-order valence-corrected chi connectivity index (χ4v) is 5.07. The normalized spacial score (nSPS) is 14.5. The number of rotatable bonds is 5. The van der Waals surface area contributed by atoms with Crippen molar-refractivity contribution in [2.24, 2.45) is 0 Å². The number of aromatic nitrogens is 6. The molecule has 182 valence electrons.